The number of para-hydroxylation sites is 1. The van der Waals surface area contributed by atoms with Crippen LogP contribution >= 0.6 is 23.1 Å². The molecule has 0 radical (unpaired) electrons. The molecule has 3 atom stereocenters. The molecule has 0 aliphatic carbocycles. The summed E-state index contributed by atoms with van der Waals surface area (Å²) in [6, 6.07) is 32.4. The number of nitrogens with zero attached hydrogens (tertiary/aromatic N) is 1. The molecule has 1 aromatic heterocycles. The Hall–Kier alpha value is -3.99. The van der Waals surface area contributed by atoms with Crippen LogP contribution < -0.4 is 5.32 Å². The van der Waals surface area contributed by atoms with Crippen molar-refractivity contribution >= 4 is 39.4 Å². The van der Waals surface area contributed by atoms with Crippen LogP contribution in [0, 0.1) is 0 Å². The maximum absolute atomic E-state index is 11.9. The van der Waals surface area contributed by atoms with E-state index in [1.807, 2.05) is 72.8 Å². The third-order valence-corrected chi connectivity index (χ3v) is 9.78. The molecular weight excluding hydrogens is 605 g/mol. The number of thioether (sulfide) groups is 1. The summed E-state index contributed by atoms with van der Waals surface area (Å²) in [5.41, 5.74) is 6.85. The number of rotatable bonds is 11. The van der Waals surface area contributed by atoms with E-state index in [-0.39, 0.29) is 25.4 Å². The number of aliphatic hydroxyl groups is 1. The topological polar surface area (TPSA) is 89.9 Å². The quantitative estimate of drug-likeness (QED) is 0.111. The van der Waals surface area contributed by atoms with Crippen molar-refractivity contribution in [3.63, 3.8) is 0 Å². The summed E-state index contributed by atoms with van der Waals surface area (Å²) in [6.07, 6.45) is 0.957. The molecule has 9 heteroatoms. The summed E-state index contributed by atoms with van der Waals surface area (Å²) in [7, 11) is 0. The number of aromatic nitrogens is 1. The van der Waals surface area contributed by atoms with Crippen LogP contribution in [-0.2, 0) is 27.4 Å². The molecule has 1 amide bonds. The van der Waals surface area contributed by atoms with Crippen LogP contribution in [0.1, 0.15) is 41.1 Å². The van der Waals surface area contributed by atoms with Gasteiger partial charge in [0.1, 0.15) is 6.61 Å². The number of alkyl carbamates (subject to hydrolysis) is 1. The molecule has 45 heavy (non-hydrogen) atoms. The van der Waals surface area contributed by atoms with Gasteiger partial charge in [0, 0.05) is 24.3 Å². The van der Waals surface area contributed by atoms with Gasteiger partial charge in [0.2, 0.25) is 0 Å². The van der Waals surface area contributed by atoms with Crippen molar-refractivity contribution in [3.8, 4) is 11.1 Å². The highest BCUT2D eigenvalue weighted by atomic mass is 32.2. The smallest absolute Gasteiger partial charge is 0.407 e. The van der Waals surface area contributed by atoms with Crippen LogP contribution in [-0.4, -0.2) is 34.6 Å². The minimum atomic E-state index is -0.563. The Morgan fingerprint density at radius 2 is 1.78 bits per heavy atom. The fraction of sp³-hybridized carbons (Fsp3) is 0.222. The minimum Gasteiger partial charge on any atom is -0.445 e. The Morgan fingerprint density at radius 3 is 2.58 bits per heavy atom. The van der Waals surface area contributed by atoms with E-state index in [2.05, 4.69) is 36.2 Å². The molecule has 2 heterocycles. The average Bonchev–Trinajstić information content (AvgIpc) is 3.52. The van der Waals surface area contributed by atoms with Gasteiger partial charge in [-0.25, -0.2) is 9.78 Å². The zero-order chi connectivity index (χ0) is 31.0. The molecule has 6 rings (SSSR count). The molecule has 0 unspecified atom stereocenters. The first-order valence-corrected chi connectivity index (χ1v) is 16.6. The highest BCUT2D eigenvalue weighted by molar-refractivity contribution is 8.01. The normalized spacial score (nSPS) is 18.0. The maximum Gasteiger partial charge on any atom is 0.407 e. The molecule has 7 nitrogen and oxygen atoms in total. The highest BCUT2D eigenvalue weighted by Crippen LogP contribution is 2.41. The second-order valence-electron chi connectivity index (χ2n) is 10.7. The van der Waals surface area contributed by atoms with E-state index < -0.39 is 12.4 Å². The molecule has 1 aliphatic rings. The van der Waals surface area contributed by atoms with E-state index in [9.17, 15) is 9.90 Å². The van der Waals surface area contributed by atoms with Gasteiger partial charge >= 0.3 is 6.09 Å². The number of carbonyl (C=O) groups excluding carboxylic acids is 1. The number of thiazole rings is 1. The van der Waals surface area contributed by atoms with Gasteiger partial charge in [-0.05, 0) is 52.1 Å². The number of nitrogens with one attached hydrogen (secondary N) is 1. The molecule has 230 valence electrons. The van der Waals surface area contributed by atoms with Gasteiger partial charge in [-0.2, -0.15) is 0 Å². The molecule has 0 bridgehead atoms. The first-order valence-electron chi connectivity index (χ1n) is 14.8. The molecular formula is C36H34N2O5S2. The summed E-state index contributed by atoms with van der Waals surface area (Å²) in [6.45, 7) is 4.08. The number of hydrogen-bond acceptors (Lipinski definition) is 8. The van der Waals surface area contributed by atoms with Crippen molar-refractivity contribution in [2.75, 3.05) is 12.4 Å². The second-order valence-corrected chi connectivity index (χ2v) is 13.0. The summed E-state index contributed by atoms with van der Waals surface area (Å²) < 4.78 is 20.4. The van der Waals surface area contributed by atoms with Crippen molar-refractivity contribution in [2.24, 2.45) is 0 Å². The Bertz CT molecular complexity index is 1720. The lowest BCUT2D eigenvalue weighted by atomic mass is 9.99. The van der Waals surface area contributed by atoms with Crippen molar-refractivity contribution < 1.29 is 24.1 Å². The van der Waals surface area contributed by atoms with E-state index in [0.29, 0.717) is 13.0 Å². The van der Waals surface area contributed by atoms with Crippen LogP contribution in [0.25, 0.3) is 21.3 Å². The van der Waals surface area contributed by atoms with Gasteiger partial charge in [0.15, 0.2) is 10.6 Å². The van der Waals surface area contributed by atoms with Crippen molar-refractivity contribution in [1.82, 2.24) is 10.3 Å². The molecule has 5 aromatic rings. The lowest BCUT2D eigenvalue weighted by molar-refractivity contribution is -0.245. The van der Waals surface area contributed by atoms with Crippen molar-refractivity contribution in [3.05, 3.63) is 132 Å². The SMILES string of the molecule is C=CCOC(=O)NCc1cccc(-c2cccc([C@H]3O[C@@H](CSc4nc5ccccc5s4)C[C@@H](c4ccc(CO)cc4)O3)c2)c1. The third-order valence-electron chi connectivity index (χ3n) is 7.47. The first-order chi connectivity index (χ1) is 22.1. The predicted molar refractivity (Wildman–Crippen MR) is 179 cm³/mol. The molecule has 0 saturated carbocycles. The minimum absolute atomic E-state index is 0.00240. The first kappa shape index (κ1) is 31.0. The van der Waals surface area contributed by atoms with Crippen LogP contribution in [0.3, 0.4) is 0 Å². The van der Waals surface area contributed by atoms with Crippen molar-refractivity contribution in [2.45, 2.75) is 42.4 Å². The van der Waals surface area contributed by atoms with E-state index in [1.165, 1.54) is 10.8 Å². The summed E-state index contributed by atoms with van der Waals surface area (Å²) >= 11 is 3.42. The Morgan fingerprint density at radius 1 is 0.978 bits per heavy atom. The number of ether oxygens (including phenoxy) is 3. The fourth-order valence-electron chi connectivity index (χ4n) is 5.19. The number of aliphatic hydroxyl groups excluding tert-OH is 1. The number of fused-ring (bicyclic) bond motifs is 1. The molecule has 1 aliphatic heterocycles. The highest BCUT2D eigenvalue weighted by Gasteiger charge is 2.32. The number of carbonyl (C=O) groups is 1. The van der Waals surface area contributed by atoms with Gasteiger partial charge in [-0.3, -0.25) is 0 Å². The zero-order valence-electron chi connectivity index (χ0n) is 24.6. The number of hydrogen-bond donors (Lipinski definition) is 2. The summed E-state index contributed by atoms with van der Waals surface area (Å²) in [4.78, 5) is 16.7. The lowest BCUT2D eigenvalue weighted by Gasteiger charge is -2.36. The second kappa shape index (κ2) is 14.9. The van der Waals surface area contributed by atoms with Gasteiger partial charge in [-0.1, -0.05) is 97.2 Å². The lowest BCUT2D eigenvalue weighted by Crippen LogP contribution is -2.31. The van der Waals surface area contributed by atoms with E-state index in [4.69, 9.17) is 19.2 Å². The Labute approximate surface area is 270 Å². The standard InChI is InChI=1S/C36H34N2O5S2/c1-2-17-41-35(40)37-21-25-7-5-8-27(18-25)28-9-6-10-29(19-28)34-42-30(20-32(43-34)26-15-13-24(22-39)14-16-26)23-44-36-38-31-11-3-4-12-33(31)45-36/h2-16,18-19,30,32,34,39H,1,17,20-23H2,(H,37,40)/t30-,32+,34+/m1/s1. The molecule has 0 spiro atoms. The van der Waals surface area contributed by atoms with E-state index >= 15 is 0 Å². The van der Waals surface area contributed by atoms with Crippen LogP contribution in [0.2, 0.25) is 0 Å². The van der Waals surface area contributed by atoms with Crippen LogP contribution in [0.15, 0.2) is 114 Å². The number of benzene rings is 4. The number of amides is 1. The predicted octanol–water partition coefficient (Wildman–Crippen LogP) is 8.21. The molecule has 1 fully saturated rings. The Kier molecular flexibility index (Phi) is 10.2. The monoisotopic (exact) mass is 638 g/mol. The fourth-order valence-corrected chi connectivity index (χ4v) is 7.30. The van der Waals surface area contributed by atoms with Gasteiger partial charge in [0.05, 0.1) is 29.0 Å². The van der Waals surface area contributed by atoms with Crippen LogP contribution in [0.5, 0.6) is 0 Å². The van der Waals surface area contributed by atoms with Gasteiger partial charge < -0.3 is 24.6 Å². The van der Waals surface area contributed by atoms with Crippen molar-refractivity contribution in [1.29, 1.82) is 0 Å². The van der Waals surface area contributed by atoms with Crippen LogP contribution in [0.4, 0.5) is 4.79 Å². The maximum atomic E-state index is 11.9. The summed E-state index contributed by atoms with van der Waals surface area (Å²) in [5.74, 6) is 0.745. The van der Waals surface area contributed by atoms with Gasteiger partial charge in [0.25, 0.3) is 0 Å². The molecule has 1 saturated heterocycles. The zero-order valence-corrected chi connectivity index (χ0v) is 26.3. The van der Waals surface area contributed by atoms with E-state index in [0.717, 1.165) is 49.0 Å². The summed E-state index contributed by atoms with van der Waals surface area (Å²) in [5, 5.41) is 12.3. The third kappa shape index (κ3) is 8.00. The average molecular weight is 639 g/mol. The molecule has 2 N–H and O–H groups in total. The van der Waals surface area contributed by atoms with E-state index in [1.54, 1.807) is 23.1 Å². The largest absolute Gasteiger partial charge is 0.445 e. The van der Waals surface area contributed by atoms with Gasteiger partial charge in [-0.15, -0.1) is 11.3 Å². The molecule has 4 aromatic carbocycles. The Balaban J connectivity index is 1.20.